The first-order chi connectivity index (χ1) is 13.4. The average molecular weight is 422 g/mol. The van der Waals surface area contributed by atoms with Crippen molar-refractivity contribution in [3.8, 4) is 0 Å². The van der Waals surface area contributed by atoms with E-state index in [1.807, 2.05) is 42.9 Å². The molecule has 1 aliphatic rings. The third kappa shape index (κ3) is 5.20. The Morgan fingerprint density at radius 2 is 1.86 bits per heavy atom. The maximum Gasteiger partial charge on any atom is 0.243 e. The molecule has 0 radical (unpaired) electrons. The maximum atomic E-state index is 12.9. The monoisotopic (exact) mass is 421 g/mol. The van der Waals surface area contributed by atoms with Gasteiger partial charge in [0.15, 0.2) is 0 Å². The maximum absolute atomic E-state index is 12.9. The number of benzene rings is 1. The molecular weight excluding hydrogens is 394 g/mol. The molecule has 1 fully saturated rings. The van der Waals surface area contributed by atoms with Crippen LogP contribution < -0.4 is 0 Å². The first kappa shape index (κ1) is 21.0. The second-order valence-corrected chi connectivity index (χ2v) is 9.95. The Balaban J connectivity index is 1.57. The number of likely N-dealkylation sites (N-methyl/N-ethyl adjacent to an activating group) is 1. The Morgan fingerprint density at radius 3 is 2.54 bits per heavy atom. The van der Waals surface area contributed by atoms with Gasteiger partial charge < -0.3 is 4.90 Å². The van der Waals surface area contributed by atoms with Crippen LogP contribution in [-0.2, 0) is 21.4 Å². The summed E-state index contributed by atoms with van der Waals surface area (Å²) in [6.07, 6.45) is 0.715. The van der Waals surface area contributed by atoms with Crippen LogP contribution in [0.3, 0.4) is 0 Å². The van der Waals surface area contributed by atoms with E-state index in [0.29, 0.717) is 44.0 Å². The molecule has 6 nitrogen and oxygen atoms in total. The van der Waals surface area contributed by atoms with Crippen molar-refractivity contribution in [3.05, 3.63) is 52.2 Å². The molecule has 8 heteroatoms. The van der Waals surface area contributed by atoms with Gasteiger partial charge in [-0.15, -0.1) is 0 Å². The number of sulfonamides is 1. The van der Waals surface area contributed by atoms with Gasteiger partial charge in [0.1, 0.15) is 0 Å². The van der Waals surface area contributed by atoms with E-state index in [9.17, 15) is 13.2 Å². The van der Waals surface area contributed by atoms with Gasteiger partial charge in [-0.25, -0.2) is 8.42 Å². The summed E-state index contributed by atoms with van der Waals surface area (Å²) in [6.45, 7) is 5.01. The molecule has 28 heavy (non-hydrogen) atoms. The lowest BCUT2D eigenvalue weighted by molar-refractivity contribution is -0.131. The van der Waals surface area contributed by atoms with E-state index in [1.165, 1.54) is 4.31 Å². The zero-order valence-electron chi connectivity index (χ0n) is 16.4. The molecule has 0 bridgehead atoms. The van der Waals surface area contributed by atoms with Gasteiger partial charge in [-0.3, -0.25) is 9.69 Å². The summed E-state index contributed by atoms with van der Waals surface area (Å²) in [6, 6.07) is 8.98. The van der Waals surface area contributed by atoms with Crippen LogP contribution in [0.4, 0.5) is 0 Å². The Labute approximate surface area is 171 Å². The molecule has 0 aliphatic carbocycles. The van der Waals surface area contributed by atoms with E-state index in [0.717, 1.165) is 17.7 Å². The van der Waals surface area contributed by atoms with Crippen molar-refractivity contribution in [2.24, 2.45) is 0 Å². The number of hydrogen-bond donors (Lipinski definition) is 0. The predicted octanol–water partition coefficient (Wildman–Crippen LogP) is 2.41. The number of rotatable bonds is 6. The Kier molecular flexibility index (Phi) is 6.87. The summed E-state index contributed by atoms with van der Waals surface area (Å²) in [5.74, 6) is 0.0565. The molecular formula is C20H27N3O3S2. The van der Waals surface area contributed by atoms with Crippen LogP contribution in [0.5, 0.6) is 0 Å². The number of carbonyl (C=O) groups is 1. The van der Waals surface area contributed by atoms with Crippen LogP contribution in [0, 0.1) is 6.92 Å². The molecule has 0 unspecified atom stereocenters. The van der Waals surface area contributed by atoms with Gasteiger partial charge in [-0.1, -0.05) is 17.7 Å². The van der Waals surface area contributed by atoms with Crippen LogP contribution in [-0.4, -0.2) is 68.2 Å². The highest BCUT2D eigenvalue weighted by molar-refractivity contribution is 7.89. The summed E-state index contributed by atoms with van der Waals surface area (Å²) in [4.78, 5) is 16.7. The van der Waals surface area contributed by atoms with Crippen LogP contribution in [0.25, 0.3) is 0 Å². The van der Waals surface area contributed by atoms with E-state index in [-0.39, 0.29) is 5.91 Å². The van der Waals surface area contributed by atoms with E-state index in [2.05, 4.69) is 4.90 Å². The minimum absolute atomic E-state index is 0.0565. The minimum Gasteiger partial charge on any atom is -0.340 e. The molecule has 0 spiro atoms. The zero-order chi connectivity index (χ0) is 20.1. The van der Waals surface area contributed by atoms with Crippen molar-refractivity contribution >= 4 is 27.3 Å². The van der Waals surface area contributed by atoms with Crippen LogP contribution in [0.2, 0.25) is 0 Å². The molecule has 1 aliphatic heterocycles. The third-order valence-corrected chi connectivity index (χ3v) is 7.64. The van der Waals surface area contributed by atoms with Gasteiger partial charge in [0, 0.05) is 33.2 Å². The first-order valence-electron chi connectivity index (χ1n) is 9.40. The molecule has 1 aromatic heterocycles. The van der Waals surface area contributed by atoms with Crippen molar-refractivity contribution in [1.82, 2.24) is 14.1 Å². The lowest BCUT2D eigenvalue weighted by Crippen LogP contribution is -2.40. The number of aryl methyl sites for hydroxylation is 1. The molecule has 0 N–H and O–H groups in total. The van der Waals surface area contributed by atoms with Crippen LogP contribution in [0.15, 0.2) is 46.0 Å². The number of carbonyl (C=O) groups excluding carboxylic acids is 1. The molecule has 152 valence electrons. The first-order valence-corrected chi connectivity index (χ1v) is 11.8. The van der Waals surface area contributed by atoms with Crippen molar-refractivity contribution in [3.63, 3.8) is 0 Å². The standard InChI is InChI=1S/C20H27N3O3S2/c1-17-4-6-19(7-5-17)28(25,26)23-10-3-9-22(11-12-23)15-20(24)21(2)14-18-8-13-27-16-18/h4-8,13,16H,3,9-12,14-15H2,1-2H3. The largest absolute Gasteiger partial charge is 0.340 e. The van der Waals surface area contributed by atoms with Gasteiger partial charge in [0.05, 0.1) is 11.4 Å². The molecule has 3 rings (SSSR count). The van der Waals surface area contributed by atoms with Crippen molar-refractivity contribution in [1.29, 1.82) is 0 Å². The van der Waals surface area contributed by atoms with Gasteiger partial charge in [-0.2, -0.15) is 15.6 Å². The molecule has 1 aromatic carbocycles. The fourth-order valence-corrected chi connectivity index (χ4v) is 5.39. The number of nitrogens with zero attached hydrogens (tertiary/aromatic N) is 3. The second kappa shape index (κ2) is 9.17. The summed E-state index contributed by atoms with van der Waals surface area (Å²) < 4.78 is 27.3. The normalized spacial score (nSPS) is 16.6. The van der Waals surface area contributed by atoms with Gasteiger partial charge in [0.2, 0.25) is 15.9 Å². The minimum atomic E-state index is -3.49. The fraction of sp³-hybridized carbons (Fsp3) is 0.450. The quantitative estimate of drug-likeness (QED) is 0.719. The highest BCUT2D eigenvalue weighted by Gasteiger charge is 2.27. The third-order valence-electron chi connectivity index (χ3n) is 4.99. The topological polar surface area (TPSA) is 60.9 Å². The van der Waals surface area contributed by atoms with Crippen molar-refractivity contribution < 1.29 is 13.2 Å². The number of thiophene rings is 1. The van der Waals surface area contributed by atoms with E-state index in [1.54, 1.807) is 28.4 Å². The second-order valence-electron chi connectivity index (χ2n) is 7.23. The predicted molar refractivity (Wildman–Crippen MR) is 112 cm³/mol. The summed E-state index contributed by atoms with van der Waals surface area (Å²) in [5.41, 5.74) is 2.16. The summed E-state index contributed by atoms with van der Waals surface area (Å²) in [5, 5.41) is 4.05. The van der Waals surface area contributed by atoms with E-state index >= 15 is 0 Å². The van der Waals surface area contributed by atoms with Crippen LogP contribution in [0.1, 0.15) is 17.5 Å². The average Bonchev–Trinajstić information content (AvgIpc) is 3.05. The molecule has 2 aromatic rings. The number of hydrogen-bond acceptors (Lipinski definition) is 5. The molecule has 1 amide bonds. The van der Waals surface area contributed by atoms with Crippen molar-refractivity contribution in [2.75, 3.05) is 39.8 Å². The fourth-order valence-electron chi connectivity index (χ4n) is 3.26. The molecule has 0 saturated carbocycles. The van der Waals surface area contributed by atoms with Gasteiger partial charge in [0.25, 0.3) is 0 Å². The lowest BCUT2D eigenvalue weighted by Gasteiger charge is -2.24. The van der Waals surface area contributed by atoms with Crippen LogP contribution >= 0.6 is 11.3 Å². The highest BCUT2D eigenvalue weighted by atomic mass is 32.2. The van der Waals surface area contributed by atoms with E-state index in [4.69, 9.17) is 0 Å². The zero-order valence-corrected chi connectivity index (χ0v) is 18.0. The van der Waals surface area contributed by atoms with Crippen molar-refractivity contribution in [2.45, 2.75) is 24.8 Å². The summed E-state index contributed by atoms with van der Waals surface area (Å²) >= 11 is 1.62. The Bertz CT molecular complexity index is 880. The molecule has 1 saturated heterocycles. The number of amides is 1. The molecule has 0 atom stereocenters. The lowest BCUT2D eigenvalue weighted by atomic mass is 10.2. The van der Waals surface area contributed by atoms with Gasteiger partial charge >= 0.3 is 0 Å². The molecule has 2 heterocycles. The highest BCUT2D eigenvalue weighted by Crippen LogP contribution is 2.18. The van der Waals surface area contributed by atoms with E-state index < -0.39 is 10.0 Å². The Morgan fingerprint density at radius 1 is 1.11 bits per heavy atom. The smallest absolute Gasteiger partial charge is 0.243 e. The summed E-state index contributed by atoms with van der Waals surface area (Å²) in [7, 11) is -1.68. The van der Waals surface area contributed by atoms with Gasteiger partial charge in [-0.05, 0) is 54.4 Å². The SMILES string of the molecule is Cc1ccc(S(=O)(=O)N2CCCN(CC(=O)N(C)Cc3ccsc3)CC2)cc1. The Hall–Kier alpha value is -1.74.